The Morgan fingerprint density at radius 3 is 2.26 bits per heavy atom. The molecular weight excluding hydrogens is 256 g/mol. The number of hydrogen-bond donors (Lipinski definition) is 0. The maximum atomic E-state index is 5.89. The summed E-state index contributed by atoms with van der Waals surface area (Å²) in [6.07, 6.45) is 1.97. The molecule has 0 spiro atoms. The third-order valence-corrected chi connectivity index (χ3v) is 3.28. The molecule has 19 heavy (non-hydrogen) atoms. The van der Waals surface area contributed by atoms with E-state index in [4.69, 9.17) is 11.6 Å². The molecule has 0 bridgehead atoms. The molecule has 1 aromatic heterocycles. The Bertz CT molecular complexity index is 622. The maximum absolute atomic E-state index is 5.89. The van der Waals surface area contributed by atoms with E-state index in [1.165, 1.54) is 5.56 Å². The first-order valence-corrected chi connectivity index (χ1v) is 6.49. The standard InChI is InChI=1S/C16H13ClN2/c1-12-2-8-15(9-3-12)19-11-10-16(18-19)13-4-6-14(17)7-5-13/h2-11H,1H3. The number of aromatic nitrogens is 2. The molecule has 3 heteroatoms. The average molecular weight is 269 g/mol. The van der Waals surface area contributed by atoms with E-state index in [-0.39, 0.29) is 0 Å². The van der Waals surface area contributed by atoms with Gasteiger partial charge in [0.25, 0.3) is 0 Å². The van der Waals surface area contributed by atoms with Crippen molar-refractivity contribution < 1.29 is 0 Å². The van der Waals surface area contributed by atoms with Gasteiger partial charge in [-0.2, -0.15) is 5.10 Å². The van der Waals surface area contributed by atoms with Crippen LogP contribution in [0.25, 0.3) is 16.9 Å². The number of halogens is 1. The molecule has 94 valence electrons. The van der Waals surface area contributed by atoms with Crippen molar-refractivity contribution in [2.75, 3.05) is 0 Å². The second kappa shape index (κ2) is 4.90. The van der Waals surface area contributed by atoms with Gasteiger partial charge in [0.15, 0.2) is 0 Å². The second-order valence-corrected chi connectivity index (χ2v) is 4.92. The highest BCUT2D eigenvalue weighted by Crippen LogP contribution is 2.20. The van der Waals surface area contributed by atoms with Crippen LogP contribution in [0.2, 0.25) is 5.02 Å². The lowest BCUT2D eigenvalue weighted by molar-refractivity contribution is 0.884. The summed E-state index contributed by atoms with van der Waals surface area (Å²) >= 11 is 5.89. The monoisotopic (exact) mass is 268 g/mol. The van der Waals surface area contributed by atoms with Crippen molar-refractivity contribution in [3.05, 3.63) is 71.4 Å². The molecule has 0 atom stereocenters. The Kier molecular flexibility index (Phi) is 3.10. The molecule has 2 aromatic carbocycles. The van der Waals surface area contributed by atoms with Crippen molar-refractivity contribution in [2.45, 2.75) is 6.92 Å². The van der Waals surface area contributed by atoms with Gasteiger partial charge in [0.05, 0.1) is 11.4 Å². The third-order valence-electron chi connectivity index (χ3n) is 3.03. The first-order chi connectivity index (χ1) is 9.22. The van der Waals surface area contributed by atoms with Gasteiger partial charge >= 0.3 is 0 Å². The molecule has 1 heterocycles. The van der Waals surface area contributed by atoms with E-state index >= 15 is 0 Å². The maximum Gasteiger partial charge on any atom is 0.0927 e. The molecule has 0 fully saturated rings. The van der Waals surface area contributed by atoms with Gasteiger partial charge in [-0.15, -0.1) is 0 Å². The van der Waals surface area contributed by atoms with Crippen LogP contribution < -0.4 is 0 Å². The van der Waals surface area contributed by atoms with Gasteiger partial charge in [-0.25, -0.2) is 4.68 Å². The van der Waals surface area contributed by atoms with E-state index in [0.29, 0.717) is 0 Å². The van der Waals surface area contributed by atoms with Gasteiger partial charge in [-0.05, 0) is 37.3 Å². The van der Waals surface area contributed by atoms with Crippen molar-refractivity contribution in [3.8, 4) is 16.9 Å². The topological polar surface area (TPSA) is 17.8 Å². The van der Waals surface area contributed by atoms with Crippen molar-refractivity contribution in [3.63, 3.8) is 0 Å². The Morgan fingerprint density at radius 1 is 0.895 bits per heavy atom. The summed E-state index contributed by atoms with van der Waals surface area (Å²) in [7, 11) is 0. The fourth-order valence-corrected chi connectivity index (χ4v) is 2.07. The van der Waals surface area contributed by atoms with Crippen LogP contribution in [-0.2, 0) is 0 Å². The molecule has 0 aliphatic carbocycles. The molecule has 0 N–H and O–H groups in total. The SMILES string of the molecule is Cc1ccc(-n2ccc(-c3ccc(Cl)cc3)n2)cc1. The smallest absolute Gasteiger partial charge is 0.0927 e. The summed E-state index contributed by atoms with van der Waals surface area (Å²) in [4.78, 5) is 0. The third kappa shape index (κ3) is 2.54. The summed E-state index contributed by atoms with van der Waals surface area (Å²) in [5.41, 5.74) is 4.31. The van der Waals surface area contributed by atoms with Gasteiger partial charge < -0.3 is 0 Å². The molecule has 0 aliphatic rings. The van der Waals surface area contributed by atoms with Crippen LogP contribution in [0.4, 0.5) is 0 Å². The zero-order chi connectivity index (χ0) is 13.2. The van der Waals surface area contributed by atoms with E-state index in [9.17, 15) is 0 Å². The van der Waals surface area contributed by atoms with Gasteiger partial charge in [0.1, 0.15) is 0 Å². The molecule has 2 nitrogen and oxygen atoms in total. The summed E-state index contributed by atoms with van der Waals surface area (Å²) in [5, 5.41) is 5.32. The Hall–Kier alpha value is -2.06. The summed E-state index contributed by atoms with van der Waals surface area (Å²) in [6.45, 7) is 2.08. The Balaban J connectivity index is 1.95. The van der Waals surface area contributed by atoms with Gasteiger partial charge in [0, 0.05) is 16.8 Å². The molecule has 0 radical (unpaired) electrons. The van der Waals surface area contributed by atoms with Crippen molar-refractivity contribution >= 4 is 11.6 Å². The average Bonchev–Trinajstić information content (AvgIpc) is 2.90. The number of hydrogen-bond acceptors (Lipinski definition) is 1. The Morgan fingerprint density at radius 2 is 1.58 bits per heavy atom. The van der Waals surface area contributed by atoms with E-state index in [0.717, 1.165) is 22.0 Å². The molecule has 0 amide bonds. The predicted molar refractivity (Wildman–Crippen MR) is 78.7 cm³/mol. The fourth-order valence-electron chi connectivity index (χ4n) is 1.94. The van der Waals surface area contributed by atoms with E-state index in [2.05, 4.69) is 36.3 Å². The predicted octanol–water partition coefficient (Wildman–Crippen LogP) is 4.50. The quantitative estimate of drug-likeness (QED) is 0.669. The van der Waals surface area contributed by atoms with Crippen LogP contribution in [0.5, 0.6) is 0 Å². The number of aryl methyl sites for hydroxylation is 1. The minimum atomic E-state index is 0.738. The Labute approximate surface area is 117 Å². The molecule has 3 aromatic rings. The van der Waals surface area contributed by atoms with Gasteiger partial charge in [-0.3, -0.25) is 0 Å². The van der Waals surface area contributed by atoms with E-state index < -0.39 is 0 Å². The van der Waals surface area contributed by atoms with Gasteiger partial charge in [-0.1, -0.05) is 41.4 Å². The lowest BCUT2D eigenvalue weighted by atomic mass is 10.2. The minimum absolute atomic E-state index is 0.738. The highest BCUT2D eigenvalue weighted by atomic mass is 35.5. The number of nitrogens with zero attached hydrogens (tertiary/aromatic N) is 2. The lowest BCUT2D eigenvalue weighted by Crippen LogP contribution is -1.94. The van der Waals surface area contributed by atoms with E-state index in [1.807, 2.05) is 41.2 Å². The van der Waals surface area contributed by atoms with Crippen LogP contribution in [0.3, 0.4) is 0 Å². The largest absolute Gasteiger partial charge is 0.240 e. The van der Waals surface area contributed by atoms with Crippen LogP contribution in [0, 0.1) is 6.92 Å². The number of benzene rings is 2. The normalized spacial score (nSPS) is 10.6. The van der Waals surface area contributed by atoms with Crippen LogP contribution in [0.15, 0.2) is 60.8 Å². The van der Waals surface area contributed by atoms with Crippen LogP contribution >= 0.6 is 11.6 Å². The highest BCUT2D eigenvalue weighted by Gasteiger charge is 2.03. The fraction of sp³-hybridized carbons (Fsp3) is 0.0625. The first kappa shape index (κ1) is 12.0. The second-order valence-electron chi connectivity index (χ2n) is 4.49. The molecule has 3 rings (SSSR count). The van der Waals surface area contributed by atoms with E-state index in [1.54, 1.807) is 0 Å². The molecule has 0 saturated carbocycles. The highest BCUT2D eigenvalue weighted by molar-refractivity contribution is 6.30. The summed E-state index contributed by atoms with van der Waals surface area (Å²) in [5.74, 6) is 0. The van der Waals surface area contributed by atoms with Crippen molar-refractivity contribution in [1.29, 1.82) is 0 Å². The zero-order valence-corrected chi connectivity index (χ0v) is 11.3. The zero-order valence-electron chi connectivity index (χ0n) is 10.5. The minimum Gasteiger partial charge on any atom is -0.240 e. The molecular formula is C16H13ClN2. The molecule has 0 unspecified atom stereocenters. The summed E-state index contributed by atoms with van der Waals surface area (Å²) in [6, 6.07) is 18.0. The lowest BCUT2D eigenvalue weighted by Gasteiger charge is -2.01. The first-order valence-electron chi connectivity index (χ1n) is 6.11. The number of rotatable bonds is 2. The van der Waals surface area contributed by atoms with Gasteiger partial charge in [0.2, 0.25) is 0 Å². The summed E-state index contributed by atoms with van der Waals surface area (Å²) < 4.78 is 1.88. The molecule has 0 saturated heterocycles. The van der Waals surface area contributed by atoms with Crippen LogP contribution in [-0.4, -0.2) is 9.78 Å². The van der Waals surface area contributed by atoms with Crippen LogP contribution in [0.1, 0.15) is 5.56 Å². The molecule has 0 aliphatic heterocycles. The van der Waals surface area contributed by atoms with Crippen molar-refractivity contribution in [1.82, 2.24) is 9.78 Å². The van der Waals surface area contributed by atoms with Crippen molar-refractivity contribution in [2.24, 2.45) is 0 Å².